The number of nitrogens with zero attached hydrogens (tertiary/aromatic N) is 2. The molecular weight excluding hydrogens is 416 g/mol. The summed E-state index contributed by atoms with van der Waals surface area (Å²) >= 11 is 7.20. The molecule has 4 rings (SSSR count). The Labute approximate surface area is 154 Å². The fourth-order valence-electron chi connectivity index (χ4n) is 3.69. The SMILES string of the molecule is Brc1ccc2c(c1)CN(CN1CCc3ccc(Br)cc3C1)CC2. The van der Waals surface area contributed by atoms with Gasteiger partial charge in [-0.15, -0.1) is 0 Å². The lowest BCUT2D eigenvalue weighted by molar-refractivity contribution is 0.110. The first-order valence-electron chi connectivity index (χ1n) is 8.17. The summed E-state index contributed by atoms with van der Waals surface area (Å²) in [5.74, 6) is 0. The normalized spacial score (nSPS) is 18.5. The molecule has 0 saturated carbocycles. The van der Waals surface area contributed by atoms with Gasteiger partial charge in [0.05, 0.1) is 6.67 Å². The maximum atomic E-state index is 3.60. The molecule has 120 valence electrons. The van der Waals surface area contributed by atoms with E-state index in [1.165, 1.54) is 44.0 Å². The van der Waals surface area contributed by atoms with Crippen molar-refractivity contribution in [1.29, 1.82) is 0 Å². The van der Waals surface area contributed by atoms with E-state index in [1.807, 2.05) is 0 Å². The number of halogens is 2. The number of benzene rings is 2. The average molecular weight is 436 g/mol. The van der Waals surface area contributed by atoms with Gasteiger partial charge in [0.2, 0.25) is 0 Å². The molecule has 0 atom stereocenters. The lowest BCUT2D eigenvalue weighted by Gasteiger charge is -2.36. The van der Waals surface area contributed by atoms with Gasteiger partial charge in [-0.2, -0.15) is 0 Å². The van der Waals surface area contributed by atoms with Crippen LogP contribution in [0.25, 0.3) is 0 Å². The molecule has 2 aliphatic rings. The maximum absolute atomic E-state index is 3.60. The largest absolute Gasteiger partial charge is 0.286 e. The first-order chi connectivity index (χ1) is 11.2. The molecule has 0 amide bonds. The molecule has 0 unspecified atom stereocenters. The van der Waals surface area contributed by atoms with Crippen LogP contribution in [0.3, 0.4) is 0 Å². The van der Waals surface area contributed by atoms with Gasteiger partial charge in [-0.25, -0.2) is 0 Å². The van der Waals surface area contributed by atoms with Gasteiger partial charge in [-0.1, -0.05) is 44.0 Å². The Morgan fingerprint density at radius 2 is 1.17 bits per heavy atom. The summed E-state index contributed by atoms with van der Waals surface area (Å²) < 4.78 is 2.38. The minimum Gasteiger partial charge on any atom is -0.286 e. The smallest absolute Gasteiger partial charge is 0.0513 e. The first-order valence-corrected chi connectivity index (χ1v) is 9.75. The molecule has 2 aromatic carbocycles. The molecule has 0 aromatic heterocycles. The predicted molar refractivity (Wildman–Crippen MR) is 101 cm³/mol. The van der Waals surface area contributed by atoms with E-state index in [0.29, 0.717) is 0 Å². The minimum atomic E-state index is 1.07. The van der Waals surface area contributed by atoms with Gasteiger partial charge in [0.1, 0.15) is 0 Å². The topological polar surface area (TPSA) is 6.48 Å². The fourth-order valence-corrected chi connectivity index (χ4v) is 4.51. The summed E-state index contributed by atoms with van der Waals surface area (Å²) in [7, 11) is 0. The van der Waals surface area contributed by atoms with Crippen LogP contribution in [0, 0.1) is 0 Å². The van der Waals surface area contributed by atoms with Crippen molar-refractivity contribution in [2.24, 2.45) is 0 Å². The van der Waals surface area contributed by atoms with Crippen LogP contribution in [0.1, 0.15) is 22.3 Å². The zero-order valence-electron chi connectivity index (χ0n) is 13.1. The molecule has 2 nitrogen and oxygen atoms in total. The Hall–Kier alpha value is -0.680. The van der Waals surface area contributed by atoms with Crippen molar-refractivity contribution in [3.05, 3.63) is 67.6 Å². The maximum Gasteiger partial charge on any atom is 0.0513 e. The van der Waals surface area contributed by atoms with Crippen LogP contribution in [0.2, 0.25) is 0 Å². The molecule has 2 aliphatic heterocycles. The summed E-state index contributed by atoms with van der Waals surface area (Å²) in [5, 5.41) is 0. The van der Waals surface area contributed by atoms with Crippen molar-refractivity contribution >= 4 is 31.9 Å². The van der Waals surface area contributed by atoms with Crippen LogP contribution in [0.15, 0.2) is 45.3 Å². The first kappa shape index (κ1) is 15.8. The van der Waals surface area contributed by atoms with E-state index in [2.05, 4.69) is 78.1 Å². The summed E-state index contributed by atoms with van der Waals surface area (Å²) in [6.07, 6.45) is 2.33. The van der Waals surface area contributed by atoms with E-state index in [0.717, 1.165) is 32.8 Å². The van der Waals surface area contributed by atoms with Gasteiger partial charge >= 0.3 is 0 Å². The van der Waals surface area contributed by atoms with Crippen LogP contribution in [-0.2, 0) is 25.9 Å². The van der Waals surface area contributed by atoms with Crippen molar-refractivity contribution in [3.8, 4) is 0 Å². The second kappa shape index (κ2) is 6.67. The van der Waals surface area contributed by atoms with Gasteiger partial charge in [-0.05, 0) is 59.4 Å². The number of fused-ring (bicyclic) bond motifs is 2. The summed E-state index contributed by atoms with van der Waals surface area (Å²) in [4.78, 5) is 5.16. The van der Waals surface area contributed by atoms with Gasteiger partial charge in [0.25, 0.3) is 0 Å². The van der Waals surface area contributed by atoms with E-state index in [9.17, 15) is 0 Å². The molecular formula is C19H20Br2N2. The number of rotatable bonds is 2. The molecule has 0 radical (unpaired) electrons. The molecule has 0 spiro atoms. The molecule has 0 saturated heterocycles. The molecule has 2 aromatic rings. The standard InChI is InChI=1S/C19H20Br2N2/c20-18-3-1-14-5-7-22(11-16(14)9-18)13-23-8-6-15-2-4-19(21)10-17(15)12-23/h1-4,9-10H,5-8,11-13H2. The van der Waals surface area contributed by atoms with Crippen molar-refractivity contribution in [2.75, 3.05) is 19.8 Å². The molecule has 4 heteroatoms. The second-order valence-electron chi connectivity index (χ2n) is 6.57. The Morgan fingerprint density at radius 3 is 1.65 bits per heavy atom. The summed E-state index contributed by atoms with van der Waals surface area (Å²) in [6.45, 7) is 5.53. The van der Waals surface area contributed by atoms with E-state index >= 15 is 0 Å². The highest BCUT2D eigenvalue weighted by atomic mass is 79.9. The van der Waals surface area contributed by atoms with E-state index in [1.54, 1.807) is 0 Å². The van der Waals surface area contributed by atoms with Crippen LogP contribution < -0.4 is 0 Å². The summed E-state index contributed by atoms with van der Waals surface area (Å²) in [6, 6.07) is 13.4. The van der Waals surface area contributed by atoms with Gasteiger partial charge < -0.3 is 0 Å². The third-order valence-corrected chi connectivity index (χ3v) is 5.91. The highest BCUT2D eigenvalue weighted by Crippen LogP contribution is 2.26. The zero-order chi connectivity index (χ0) is 15.8. The quantitative estimate of drug-likeness (QED) is 0.680. The summed E-state index contributed by atoms with van der Waals surface area (Å²) in [5.41, 5.74) is 5.98. The van der Waals surface area contributed by atoms with E-state index in [-0.39, 0.29) is 0 Å². The van der Waals surface area contributed by atoms with Crippen LogP contribution in [0.4, 0.5) is 0 Å². The highest BCUT2D eigenvalue weighted by molar-refractivity contribution is 9.10. The van der Waals surface area contributed by atoms with Crippen LogP contribution >= 0.6 is 31.9 Å². The van der Waals surface area contributed by atoms with Crippen LogP contribution in [-0.4, -0.2) is 29.6 Å². The third kappa shape index (κ3) is 3.55. The van der Waals surface area contributed by atoms with Gasteiger partial charge in [-0.3, -0.25) is 9.80 Å². The third-order valence-electron chi connectivity index (χ3n) is 4.92. The van der Waals surface area contributed by atoms with E-state index < -0.39 is 0 Å². The van der Waals surface area contributed by atoms with Crippen LogP contribution in [0.5, 0.6) is 0 Å². The van der Waals surface area contributed by atoms with Crippen molar-refractivity contribution in [3.63, 3.8) is 0 Å². The molecule has 23 heavy (non-hydrogen) atoms. The fraction of sp³-hybridized carbons (Fsp3) is 0.368. The minimum absolute atomic E-state index is 1.07. The molecule has 0 fully saturated rings. The predicted octanol–water partition coefficient (Wildman–Crippen LogP) is 4.59. The second-order valence-corrected chi connectivity index (χ2v) is 8.40. The Balaban J connectivity index is 1.44. The Kier molecular flexibility index (Phi) is 4.59. The lowest BCUT2D eigenvalue weighted by atomic mass is 9.99. The average Bonchev–Trinajstić information content (AvgIpc) is 2.54. The van der Waals surface area contributed by atoms with Gasteiger partial charge in [0, 0.05) is 35.1 Å². The number of hydrogen-bond donors (Lipinski definition) is 0. The van der Waals surface area contributed by atoms with Crippen molar-refractivity contribution in [1.82, 2.24) is 9.80 Å². The molecule has 0 N–H and O–H groups in total. The van der Waals surface area contributed by atoms with Gasteiger partial charge in [0.15, 0.2) is 0 Å². The monoisotopic (exact) mass is 434 g/mol. The van der Waals surface area contributed by atoms with Crippen molar-refractivity contribution < 1.29 is 0 Å². The molecule has 0 bridgehead atoms. The highest BCUT2D eigenvalue weighted by Gasteiger charge is 2.21. The Morgan fingerprint density at radius 1 is 0.696 bits per heavy atom. The molecule has 0 aliphatic carbocycles. The molecule has 2 heterocycles. The zero-order valence-corrected chi connectivity index (χ0v) is 16.2. The van der Waals surface area contributed by atoms with E-state index in [4.69, 9.17) is 0 Å². The van der Waals surface area contributed by atoms with Crippen molar-refractivity contribution in [2.45, 2.75) is 25.9 Å². The Bertz CT molecular complexity index is 668. The number of hydrogen-bond acceptors (Lipinski definition) is 2. The lowest BCUT2D eigenvalue weighted by Crippen LogP contribution is -2.42.